The number of carbonyl (C=O) groups excluding carboxylic acids is 1. The van der Waals surface area contributed by atoms with Gasteiger partial charge in [-0.3, -0.25) is 0 Å². The molecule has 2 aromatic heterocycles. The maximum absolute atomic E-state index is 12.3. The second-order valence-electron chi connectivity index (χ2n) is 8.29. The summed E-state index contributed by atoms with van der Waals surface area (Å²) < 4.78 is 44.5. The summed E-state index contributed by atoms with van der Waals surface area (Å²) in [6.07, 6.45) is -2.48. The summed E-state index contributed by atoms with van der Waals surface area (Å²) in [7, 11) is 1.98. The van der Waals surface area contributed by atoms with E-state index in [1.165, 1.54) is 0 Å². The average Bonchev–Trinajstić information content (AvgIpc) is 3.24. The normalized spacial score (nSPS) is 14.5. The van der Waals surface area contributed by atoms with Gasteiger partial charge in [0, 0.05) is 53.9 Å². The van der Waals surface area contributed by atoms with Crippen molar-refractivity contribution in [3.8, 4) is 11.4 Å². The molecule has 0 radical (unpaired) electrons. The van der Waals surface area contributed by atoms with Crippen LogP contribution >= 0.6 is 0 Å². The summed E-state index contributed by atoms with van der Waals surface area (Å²) in [5.41, 5.74) is 2.96. The number of nitrogens with one attached hydrogen (secondary N) is 2. The molecule has 0 bridgehead atoms. The molecular formula is C24H23F3N6O2. The molecule has 0 spiro atoms. The molecule has 8 nitrogen and oxygen atoms in total. The Labute approximate surface area is 198 Å². The number of carbonyl (C=O) groups is 1. The molecule has 1 aliphatic heterocycles. The van der Waals surface area contributed by atoms with Crippen LogP contribution in [0.3, 0.4) is 0 Å². The van der Waals surface area contributed by atoms with E-state index in [9.17, 15) is 18.0 Å². The Hall–Kier alpha value is -3.86. The maximum atomic E-state index is 12.3. The van der Waals surface area contributed by atoms with E-state index >= 15 is 0 Å². The lowest BCUT2D eigenvalue weighted by molar-refractivity contribution is -0.122. The summed E-state index contributed by atoms with van der Waals surface area (Å²) in [6, 6.07) is 11.9. The van der Waals surface area contributed by atoms with Crippen LogP contribution in [0.25, 0.3) is 33.2 Å². The molecule has 0 aliphatic carbocycles. The Morgan fingerprint density at radius 2 is 1.77 bits per heavy atom. The third-order valence-corrected chi connectivity index (χ3v) is 5.87. The fourth-order valence-electron chi connectivity index (χ4n) is 4.13. The molecule has 0 unspecified atom stereocenters. The van der Waals surface area contributed by atoms with Gasteiger partial charge in [0.1, 0.15) is 12.4 Å². The highest BCUT2D eigenvalue weighted by atomic mass is 19.4. The van der Waals surface area contributed by atoms with E-state index < -0.39 is 18.8 Å². The average molecular weight is 484 g/mol. The molecule has 1 fully saturated rings. The molecule has 0 atom stereocenters. The van der Waals surface area contributed by atoms with Crippen molar-refractivity contribution in [1.82, 2.24) is 19.9 Å². The van der Waals surface area contributed by atoms with Crippen LogP contribution in [-0.2, 0) is 11.8 Å². The number of hydrogen-bond donors (Lipinski definition) is 2. The van der Waals surface area contributed by atoms with E-state index in [0.29, 0.717) is 37.8 Å². The topological polar surface area (TPSA) is 84.3 Å². The molecule has 35 heavy (non-hydrogen) atoms. The van der Waals surface area contributed by atoms with Crippen molar-refractivity contribution in [3.63, 3.8) is 0 Å². The van der Waals surface area contributed by atoms with Gasteiger partial charge in [-0.2, -0.15) is 13.2 Å². The summed E-state index contributed by atoms with van der Waals surface area (Å²) in [4.78, 5) is 23.7. The molecule has 182 valence electrons. The van der Waals surface area contributed by atoms with E-state index in [1.807, 2.05) is 29.9 Å². The number of ether oxygens (including phenoxy) is 1. The van der Waals surface area contributed by atoms with Crippen molar-refractivity contribution >= 4 is 39.3 Å². The van der Waals surface area contributed by atoms with Crippen LogP contribution in [0.2, 0.25) is 0 Å². The lowest BCUT2D eigenvalue weighted by Gasteiger charge is -2.29. The van der Waals surface area contributed by atoms with Crippen molar-refractivity contribution in [3.05, 3.63) is 48.7 Å². The first-order chi connectivity index (χ1) is 16.8. The van der Waals surface area contributed by atoms with Crippen LogP contribution in [-0.4, -0.2) is 59.6 Å². The molecule has 3 heterocycles. The minimum absolute atomic E-state index is 0.355. The van der Waals surface area contributed by atoms with Crippen LogP contribution in [0, 0.1) is 0 Å². The lowest BCUT2D eigenvalue weighted by atomic mass is 10.1. The molecule has 11 heteroatoms. The molecule has 1 saturated heterocycles. The van der Waals surface area contributed by atoms with Crippen LogP contribution in [0.1, 0.15) is 0 Å². The maximum Gasteiger partial charge on any atom is 0.405 e. The quantitative estimate of drug-likeness (QED) is 0.451. The highest BCUT2D eigenvalue weighted by Gasteiger charge is 2.27. The summed E-state index contributed by atoms with van der Waals surface area (Å²) in [5.74, 6) is 1.34. The van der Waals surface area contributed by atoms with Gasteiger partial charge in [0.05, 0.1) is 18.7 Å². The fraction of sp³-hybridized carbons (Fsp3) is 0.292. The van der Waals surface area contributed by atoms with E-state index in [0.717, 1.165) is 33.2 Å². The Kier molecular flexibility index (Phi) is 5.93. The summed E-state index contributed by atoms with van der Waals surface area (Å²) in [6.45, 7) is 1.26. The Morgan fingerprint density at radius 1 is 1.03 bits per heavy atom. The highest BCUT2D eigenvalue weighted by Crippen LogP contribution is 2.33. The van der Waals surface area contributed by atoms with Crippen molar-refractivity contribution in [1.29, 1.82) is 0 Å². The SMILES string of the molecule is Cn1ccc2c3nc(-c4ccc(NC(=O)NCC(F)(F)F)cc4)nc(N4CCOCC4)c3ccc21. The van der Waals surface area contributed by atoms with Crippen molar-refractivity contribution in [2.75, 3.05) is 43.1 Å². The van der Waals surface area contributed by atoms with Gasteiger partial charge >= 0.3 is 12.2 Å². The number of benzene rings is 2. The van der Waals surface area contributed by atoms with E-state index in [4.69, 9.17) is 14.7 Å². The third-order valence-electron chi connectivity index (χ3n) is 5.87. The number of morpholine rings is 1. The molecule has 2 N–H and O–H groups in total. The second kappa shape index (κ2) is 9.06. The Morgan fingerprint density at radius 3 is 2.49 bits per heavy atom. The number of hydrogen-bond acceptors (Lipinski definition) is 5. The van der Waals surface area contributed by atoms with Crippen LogP contribution < -0.4 is 15.5 Å². The summed E-state index contributed by atoms with van der Waals surface area (Å²) >= 11 is 0. The van der Waals surface area contributed by atoms with Gasteiger partial charge < -0.3 is 24.8 Å². The van der Waals surface area contributed by atoms with Gasteiger partial charge in [-0.1, -0.05) is 0 Å². The fourth-order valence-corrected chi connectivity index (χ4v) is 4.13. The molecule has 4 aromatic rings. The van der Waals surface area contributed by atoms with Gasteiger partial charge in [-0.25, -0.2) is 14.8 Å². The lowest BCUT2D eigenvalue weighted by Crippen LogP contribution is -2.37. The van der Waals surface area contributed by atoms with E-state index in [2.05, 4.69) is 16.3 Å². The highest BCUT2D eigenvalue weighted by molar-refractivity contribution is 6.08. The van der Waals surface area contributed by atoms with Gasteiger partial charge in [-0.05, 0) is 42.5 Å². The Balaban J connectivity index is 1.50. The monoisotopic (exact) mass is 484 g/mol. The largest absolute Gasteiger partial charge is 0.405 e. The molecule has 2 amide bonds. The second-order valence-corrected chi connectivity index (χ2v) is 8.29. The van der Waals surface area contributed by atoms with Crippen LogP contribution in [0.5, 0.6) is 0 Å². The minimum atomic E-state index is -4.48. The Bertz CT molecular complexity index is 1380. The van der Waals surface area contributed by atoms with Gasteiger partial charge in [0.15, 0.2) is 5.82 Å². The van der Waals surface area contributed by atoms with Crippen molar-refractivity contribution < 1.29 is 22.7 Å². The van der Waals surface area contributed by atoms with Gasteiger partial charge in [0.25, 0.3) is 0 Å². The first-order valence-electron chi connectivity index (χ1n) is 11.1. The molecular weight excluding hydrogens is 461 g/mol. The first kappa shape index (κ1) is 22.9. The predicted molar refractivity (Wildman–Crippen MR) is 128 cm³/mol. The number of aryl methyl sites for hydroxylation is 1. The molecule has 0 saturated carbocycles. The number of rotatable bonds is 4. The minimum Gasteiger partial charge on any atom is -0.378 e. The number of fused-ring (bicyclic) bond motifs is 3. The zero-order valence-corrected chi connectivity index (χ0v) is 18.9. The van der Waals surface area contributed by atoms with E-state index in [1.54, 1.807) is 29.6 Å². The number of anilines is 2. The smallest absolute Gasteiger partial charge is 0.378 e. The van der Waals surface area contributed by atoms with Crippen molar-refractivity contribution in [2.24, 2.45) is 7.05 Å². The number of amides is 2. The number of urea groups is 1. The number of aromatic nitrogens is 3. The van der Waals surface area contributed by atoms with Crippen LogP contribution in [0.15, 0.2) is 48.7 Å². The molecule has 1 aliphatic rings. The predicted octanol–water partition coefficient (Wildman–Crippen LogP) is 4.31. The van der Waals surface area contributed by atoms with Crippen LogP contribution in [0.4, 0.5) is 29.5 Å². The number of halogens is 3. The first-order valence-corrected chi connectivity index (χ1v) is 11.1. The van der Waals surface area contributed by atoms with Crippen molar-refractivity contribution in [2.45, 2.75) is 6.18 Å². The zero-order valence-electron chi connectivity index (χ0n) is 18.9. The van der Waals surface area contributed by atoms with Gasteiger partial charge in [0.2, 0.25) is 0 Å². The van der Waals surface area contributed by atoms with E-state index in [-0.39, 0.29) is 0 Å². The number of alkyl halides is 3. The molecule has 2 aromatic carbocycles. The zero-order chi connectivity index (χ0) is 24.6. The summed E-state index contributed by atoms with van der Waals surface area (Å²) in [5, 5.41) is 6.15. The third kappa shape index (κ3) is 4.85. The number of nitrogens with zero attached hydrogens (tertiary/aromatic N) is 4. The van der Waals surface area contributed by atoms with Gasteiger partial charge in [-0.15, -0.1) is 0 Å². The standard InChI is InChI=1S/C24H23F3N6O2/c1-32-9-8-17-19(32)7-6-18-20(17)30-21(31-22(18)33-10-12-35-13-11-33)15-2-4-16(5-3-15)29-23(34)28-14-24(25,26)27/h2-9H,10-14H2,1H3,(H2,28,29,34). The molecule has 5 rings (SSSR count).